The SMILES string of the molecule is Cc1c(Cl)cccc1NC(=O)C(C)Sc1nc2ccccc2n1C(F)F. The first-order valence-corrected chi connectivity index (χ1v) is 9.12. The number of rotatable bonds is 5. The zero-order valence-corrected chi connectivity index (χ0v) is 15.6. The van der Waals surface area contributed by atoms with E-state index in [0.717, 1.165) is 21.9 Å². The quantitative estimate of drug-likeness (QED) is 0.579. The van der Waals surface area contributed by atoms with Gasteiger partial charge in [-0.25, -0.2) is 4.98 Å². The summed E-state index contributed by atoms with van der Waals surface area (Å²) >= 11 is 7.04. The van der Waals surface area contributed by atoms with E-state index in [-0.39, 0.29) is 11.1 Å². The van der Waals surface area contributed by atoms with Gasteiger partial charge >= 0.3 is 6.55 Å². The van der Waals surface area contributed by atoms with Crippen LogP contribution in [0.25, 0.3) is 11.0 Å². The summed E-state index contributed by atoms with van der Waals surface area (Å²) in [7, 11) is 0. The minimum absolute atomic E-state index is 0.103. The van der Waals surface area contributed by atoms with Crippen molar-refractivity contribution in [3.05, 3.63) is 53.1 Å². The van der Waals surface area contributed by atoms with E-state index >= 15 is 0 Å². The Bertz CT molecular complexity index is 961. The summed E-state index contributed by atoms with van der Waals surface area (Å²) < 4.78 is 27.8. The first-order chi connectivity index (χ1) is 12.4. The number of para-hydroxylation sites is 2. The zero-order chi connectivity index (χ0) is 18.8. The lowest BCUT2D eigenvalue weighted by molar-refractivity contribution is -0.115. The van der Waals surface area contributed by atoms with Crippen LogP contribution in [0.4, 0.5) is 14.5 Å². The number of imidazole rings is 1. The molecule has 0 saturated carbocycles. The Kier molecular flexibility index (Phi) is 5.48. The van der Waals surface area contributed by atoms with Crippen molar-refractivity contribution in [2.45, 2.75) is 30.8 Å². The second-order valence-electron chi connectivity index (χ2n) is 5.69. The zero-order valence-electron chi connectivity index (χ0n) is 14.0. The van der Waals surface area contributed by atoms with Crippen molar-refractivity contribution in [1.29, 1.82) is 0 Å². The van der Waals surface area contributed by atoms with Crippen molar-refractivity contribution in [1.82, 2.24) is 9.55 Å². The minimum atomic E-state index is -2.74. The van der Waals surface area contributed by atoms with E-state index < -0.39 is 11.8 Å². The van der Waals surface area contributed by atoms with Crippen LogP contribution in [0, 0.1) is 6.92 Å². The molecule has 0 bridgehead atoms. The highest BCUT2D eigenvalue weighted by molar-refractivity contribution is 8.00. The van der Waals surface area contributed by atoms with Gasteiger partial charge in [-0.3, -0.25) is 9.36 Å². The number of anilines is 1. The van der Waals surface area contributed by atoms with Gasteiger partial charge in [0.05, 0.1) is 16.3 Å². The van der Waals surface area contributed by atoms with Crippen LogP contribution in [-0.2, 0) is 4.79 Å². The molecular formula is C18H16ClF2N3OS. The number of carbonyl (C=O) groups is 1. The molecule has 0 spiro atoms. The molecule has 8 heteroatoms. The average molecular weight is 396 g/mol. The lowest BCUT2D eigenvalue weighted by atomic mass is 10.2. The summed E-state index contributed by atoms with van der Waals surface area (Å²) in [6, 6.07) is 11.9. The molecule has 3 aromatic rings. The summed E-state index contributed by atoms with van der Waals surface area (Å²) in [5.74, 6) is -0.312. The fourth-order valence-electron chi connectivity index (χ4n) is 2.48. The molecule has 1 atom stereocenters. The molecule has 1 heterocycles. The average Bonchev–Trinajstić information content (AvgIpc) is 2.96. The molecule has 136 valence electrons. The fourth-order valence-corrected chi connectivity index (χ4v) is 3.58. The molecule has 1 aromatic heterocycles. The molecule has 0 aliphatic rings. The number of benzene rings is 2. The summed E-state index contributed by atoms with van der Waals surface area (Å²) in [6.07, 6.45) is 0. The number of hydrogen-bond acceptors (Lipinski definition) is 3. The number of thioether (sulfide) groups is 1. The van der Waals surface area contributed by atoms with Crippen molar-refractivity contribution >= 4 is 46.0 Å². The van der Waals surface area contributed by atoms with Crippen molar-refractivity contribution < 1.29 is 13.6 Å². The van der Waals surface area contributed by atoms with E-state index in [1.165, 1.54) is 0 Å². The lowest BCUT2D eigenvalue weighted by Crippen LogP contribution is -2.23. The number of hydrogen-bond donors (Lipinski definition) is 1. The summed E-state index contributed by atoms with van der Waals surface area (Å²) in [5.41, 5.74) is 2.15. The topological polar surface area (TPSA) is 46.9 Å². The molecule has 0 aliphatic heterocycles. The van der Waals surface area contributed by atoms with Crippen LogP contribution < -0.4 is 5.32 Å². The first-order valence-electron chi connectivity index (χ1n) is 7.86. The Labute approximate surface area is 158 Å². The molecule has 1 unspecified atom stereocenters. The van der Waals surface area contributed by atoms with E-state index in [0.29, 0.717) is 21.7 Å². The Morgan fingerprint density at radius 2 is 1.96 bits per heavy atom. The standard InChI is InChI=1S/C18H16ClF2N3OS/c1-10-12(19)6-5-8-13(10)22-16(25)11(2)26-18-23-14-7-3-4-9-15(14)24(18)17(20)21/h3-9,11,17H,1-2H3,(H,22,25). The number of aromatic nitrogens is 2. The van der Waals surface area contributed by atoms with Gasteiger partial charge in [-0.2, -0.15) is 8.78 Å². The van der Waals surface area contributed by atoms with Crippen LogP contribution in [0.1, 0.15) is 19.0 Å². The van der Waals surface area contributed by atoms with Crippen LogP contribution in [0.5, 0.6) is 0 Å². The Morgan fingerprint density at radius 1 is 1.23 bits per heavy atom. The predicted molar refractivity (Wildman–Crippen MR) is 101 cm³/mol. The summed E-state index contributed by atoms with van der Waals surface area (Å²) in [5, 5.41) is 2.81. The molecule has 3 rings (SSSR count). The molecule has 4 nitrogen and oxygen atoms in total. The number of carbonyl (C=O) groups excluding carboxylic acids is 1. The fraction of sp³-hybridized carbons (Fsp3) is 0.222. The third kappa shape index (κ3) is 3.68. The van der Waals surface area contributed by atoms with Crippen LogP contribution in [0.15, 0.2) is 47.6 Å². The third-order valence-electron chi connectivity index (χ3n) is 3.94. The molecular weight excluding hydrogens is 380 g/mol. The lowest BCUT2D eigenvalue weighted by Gasteiger charge is -2.14. The molecule has 1 amide bonds. The smallest absolute Gasteiger partial charge is 0.321 e. The minimum Gasteiger partial charge on any atom is -0.325 e. The van der Waals surface area contributed by atoms with Crippen molar-refractivity contribution in [3.8, 4) is 0 Å². The van der Waals surface area contributed by atoms with Crippen LogP contribution in [0.2, 0.25) is 5.02 Å². The summed E-state index contributed by atoms with van der Waals surface area (Å²) in [4.78, 5) is 16.7. The molecule has 0 aliphatic carbocycles. The monoisotopic (exact) mass is 395 g/mol. The predicted octanol–water partition coefficient (Wildman–Crippen LogP) is 5.51. The second kappa shape index (κ2) is 7.63. The van der Waals surface area contributed by atoms with E-state index in [9.17, 15) is 13.6 Å². The molecule has 1 N–H and O–H groups in total. The second-order valence-corrected chi connectivity index (χ2v) is 7.41. The van der Waals surface area contributed by atoms with Crippen LogP contribution in [-0.4, -0.2) is 20.7 Å². The number of alkyl halides is 2. The number of halogens is 3. The maximum Gasteiger partial charge on any atom is 0.321 e. The van der Waals surface area contributed by atoms with Gasteiger partial charge in [-0.05, 0) is 43.7 Å². The van der Waals surface area contributed by atoms with Gasteiger partial charge in [0, 0.05) is 10.7 Å². The Balaban J connectivity index is 1.82. The van der Waals surface area contributed by atoms with E-state index in [1.807, 2.05) is 0 Å². The largest absolute Gasteiger partial charge is 0.325 e. The number of fused-ring (bicyclic) bond motifs is 1. The van der Waals surface area contributed by atoms with Gasteiger partial charge < -0.3 is 5.32 Å². The van der Waals surface area contributed by atoms with E-state index in [2.05, 4.69) is 10.3 Å². The first kappa shape index (κ1) is 18.7. The maximum absolute atomic E-state index is 13.5. The molecule has 26 heavy (non-hydrogen) atoms. The van der Waals surface area contributed by atoms with Gasteiger partial charge in [0.1, 0.15) is 0 Å². The molecule has 0 saturated heterocycles. The highest BCUT2D eigenvalue weighted by Crippen LogP contribution is 2.32. The normalized spacial score (nSPS) is 12.5. The van der Waals surface area contributed by atoms with Gasteiger partial charge in [0.25, 0.3) is 0 Å². The highest BCUT2D eigenvalue weighted by atomic mass is 35.5. The van der Waals surface area contributed by atoms with Crippen LogP contribution in [0.3, 0.4) is 0 Å². The van der Waals surface area contributed by atoms with Crippen molar-refractivity contribution in [2.24, 2.45) is 0 Å². The third-order valence-corrected chi connectivity index (χ3v) is 5.41. The van der Waals surface area contributed by atoms with Gasteiger partial charge in [0.2, 0.25) is 5.91 Å². The Hall–Kier alpha value is -2.12. The van der Waals surface area contributed by atoms with Gasteiger partial charge in [0.15, 0.2) is 5.16 Å². The number of nitrogens with one attached hydrogen (secondary N) is 1. The molecule has 0 fully saturated rings. The van der Waals surface area contributed by atoms with E-state index in [1.54, 1.807) is 56.3 Å². The maximum atomic E-state index is 13.5. The van der Waals surface area contributed by atoms with Crippen LogP contribution >= 0.6 is 23.4 Å². The highest BCUT2D eigenvalue weighted by Gasteiger charge is 2.23. The number of nitrogens with zero attached hydrogens (tertiary/aromatic N) is 2. The van der Waals surface area contributed by atoms with Gasteiger partial charge in [-0.1, -0.05) is 41.6 Å². The van der Waals surface area contributed by atoms with Crippen molar-refractivity contribution in [2.75, 3.05) is 5.32 Å². The molecule has 0 radical (unpaired) electrons. The summed E-state index contributed by atoms with van der Waals surface area (Å²) in [6.45, 7) is 0.705. The Morgan fingerprint density at radius 3 is 2.69 bits per heavy atom. The van der Waals surface area contributed by atoms with E-state index in [4.69, 9.17) is 11.6 Å². The van der Waals surface area contributed by atoms with Crippen molar-refractivity contribution in [3.63, 3.8) is 0 Å². The molecule has 2 aromatic carbocycles. The number of amides is 1. The van der Waals surface area contributed by atoms with Gasteiger partial charge in [-0.15, -0.1) is 0 Å².